The summed E-state index contributed by atoms with van der Waals surface area (Å²) in [5.41, 5.74) is 1.40. The van der Waals surface area contributed by atoms with Crippen LogP contribution in [0.2, 0.25) is 0 Å². The van der Waals surface area contributed by atoms with Gasteiger partial charge in [-0.25, -0.2) is 0 Å². The summed E-state index contributed by atoms with van der Waals surface area (Å²) in [6.45, 7) is 4.12. The molecule has 0 aliphatic heterocycles. The number of hydrogen-bond acceptors (Lipinski definition) is 3. The quantitative estimate of drug-likeness (QED) is 0.600. The summed E-state index contributed by atoms with van der Waals surface area (Å²) >= 11 is 1.76. The maximum absolute atomic E-state index is 4.33. The van der Waals surface area contributed by atoms with Crippen molar-refractivity contribution in [2.24, 2.45) is 10.9 Å². The summed E-state index contributed by atoms with van der Waals surface area (Å²) in [4.78, 5) is 6.66. The third-order valence-corrected chi connectivity index (χ3v) is 4.92. The van der Waals surface area contributed by atoms with E-state index in [0.29, 0.717) is 12.0 Å². The first-order chi connectivity index (χ1) is 10.1. The van der Waals surface area contributed by atoms with Crippen LogP contribution in [0, 0.1) is 5.92 Å². The van der Waals surface area contributed by atoms with Gasteiger partial charge in [0.25, 0.3) is 0 Å². The second-order valence-corrected chi connectivity index (χ2v) is 6.94. The van der Waals surface area contributed by atoms with Crippen LogP contribution in [0.15, 0.2) is 21.8 Å². The standard InChI is InChI=1S/C16H28N4S/c1-12(14-7-8-21-11-14)9-18-16(17-2)19-10-15(20(3)4)13-5-6-13/h7-8,11-13,15H,5-6,9-10H2,1-4H3,(H2,17,18,19). The summed E-state index contributed by atoms with van der Waals surface area (Å²) in [5.74, 6) is 2.27. The molecule has 21 heavy (non-hydrogen) atoms. The molecule has 1 fully saturated rings. The van der Waals surface area contributed by atoms with Crippen LogP contribution in [0.3, 0.4) is 0 Å². The molecule has 118 valence electrons. The third kappa shape index (κ3) is 5.00. The van der Waals surface area contributed by atoms with Crippen LogP contribution < -0.4 is 10.6 Å². The summed E-state index contributed by atoms with van der Waals surface area (Å²) < 4.78 is 0. The van der Waals surface area contributed by atoms with Crippen LogP contribution >= 0.6 is 11.3 Å². The lowest BCUT2D eigenvalue weighted by Gasteiger charge is -2.25. The molecule has 0 saturated heterocycles. The Bertz CT molecular complexity index is 435. The Morgan fingerprint density at radius 1 is 1.38 bits per heavy atom. The summed E-state index contributed by atoms with van der Waals surface area (Å²) in [6.07, 6.45) is 2.73. The lowest BCUT2D eigenvalue weighted by Crippen LogP contribution is -2.46. The van der Waals surface area contributed by atoms with Crippen molar-refractivity contribution < 1.29 is 0 Å². The fraction of sp³-hybridized carbons (Fsp3) is 0.688. The van der Waals surface area contributed by atoms with E-state index in [2.05, 4.69) is 58.4 Å². The Morgan fingerprint density at radius 3 is 2.62 bits per heavy atom. The maximum atomic E-state index is 4.33. The molecule has 2 atom stereocenters. The van der Waals surface area contributed by atoms with Gasteiger partial charge < -0.3 is 15.5 Å². The fourth-order valence-corrected chi connectivity index (χ4v) is 3.38. The average Bonchev–Trinajstić information content (AvgIpc) is 3.14. The molecular formula is C16H28N4S. The molecule has 1 heterocycles. The zero-order chi connectivity index (χ0) is 15.2. The lowest BCUT2D eigenvalue weighted by atomic mass is 10.1. The van der Waals surface area contributed by atoms with Crippen LogP contribution in [0.25, 0.3) is 0 Å². The number of likely N-dealkylation sites (N-methyl/N-ethyl adjacent to an activating group) is 1. The molecule has 0 spiro atoms. The first-order valence-electron chi connectivity index (χ1n) is 7.74. The molecule has 0 bridgehead atoms. The van der Waals surface area contributed by atoms with E-state index in [1.165, 1.54) is 18.4 Å². The van der Waals surface area contributed by atoms with E-state index in [9.17, 15) is 0 Å². The van der Waals surface area contributed by atoms with Crippen molar-refractivity contribution in [2.75, 3.05) is 34.2 Å². The normalized spacial score (nSPS) is 18.6. The molecule has 1 aliphatic carbocycles. The fourth-order valence-electron chi connectivity index (χ4n) is 2.60. The highest BCUT2D eigenvalue weighted by Gasteiger charge is 2.32. The second-order valence-electron chi connectivity index (χ2n) is 6.16. The van der Waals surface area contributed by atoms with Crippen molar-refractivity contribution >= 4 is 17.3 Å². The van der Waals surface area contributed by atoms with E-state index in [0.717, 1.165) is 25.0 Å². The van der Waals surface area contributed by atoms with Gasteiger partial charge in [-0.05, 0) is 61.2 Å². The summed E-state index contributed by atoms with van der Waals surface area (Å²) in [6, 6.07) is 2.81. The Balaban J connectivity index is 1.75. The number of aliphatic imine (C=N–C) groups is 1. The van der Waals surface area contributed by atoms with Crippen molar-refractivity contribution in [3.05, 3.63) is 22.4 Å². The molecule has 2 rings (SSSR count). The minimum absolute atomic E-state index is 0.503. The van der Waals surface area contributed by atoms with Crippen molar-refractivity contribution in [3.63, 3.8) is 0 Å². The van der Waals surface area contributed by atoms with Gasteiger partial charge in [0.15, 0.2) is 5.96 Å². The van der Waals surface area contributed by atoms with Crippen LogP contribution in [0.5, 0.6) is 0 Å². The zero-order valence-electron chi connectivity index (χ0n) is 13.6. The van der Waals surface area contributed by atoms with Crippen molar-refractivity contribution in [1.82, 2.24) is 15.5 Å². The molecule has 1 saturated carbocycles. The number of hydrogen-bond donors (Lipinski definition) is 2. The number of nitrogens with one attached hydrogen (secondary N) is 2. The van der Waals surface area contributed by atoms with E-state index < -0.39 is 0 Å². The Morgan fingerprint density at radius 2 is 2.10 bits per heavy atom. The first kappa shape index (κ1) is 16.3. The van der Waals surface area contributed by atoms with Gasteiger partial charge in [-0.1, -0.05) is 6.92 Å². The van der Waals surface area contributed by atoms with Gasteiger partial charge in [-0.3, -0.25) is 4.99 Å². The smallest absolute Gasteiger partial charge is 0.191 e. The maximum Gasteiger partial charge on any atom is 0.191 e. The highest BCUT2D eigenvalue weighted by atomic mass is 32.1. The molecule has 1 aromatic rings. The number of guanidine groups is 1. The second kappa shape index (κ2) is 7.80. The minimum Gasteiger partial charge on any atom is -0.356 e. The molecule has 0 amide bonds. The third-order valence-electron chi connectivity index (χ3n) is 4.22. The number of thiophene rings is 1. The van der Waals surface area contributed by atoms with Gasteiger partial charge in [-0.15, -0.1) is 0 Å². The van der Waals surface area contributed by atoms with Crippen molar-refractivity contribution in [2.45, 2.75) is 31.7 Å². The number of nitrogens with zero attached hydrogens (tertiary/aromatic N) is 2. The zero-order valence-corrected chi connectivity index (χ0v) is 14.4. The predicted molar refractivity (Wildman–Crippen MR) is 92.3 cm³/mol. The molecular weight excluding hydrogens is 280 g/mol. The van der Waals surface area contributed by atoms with Crippen LogP contribution in [-0.2, 0) is 0 Å². The Kier molecular flexibility index (Phi) is 6.06. The molecule has 5 heteroatoms. The SMILES string of the molecule is CN=C(NCC(C)c1ccsc1)NCC(C1CC1)N(C)C. The largest absolute Gasteiger partial charge is 0.356 e. The summed E-state index contributed by atoms with van der Waals surface area (Å²) in [7, 11) is 6.17. The molecule has 0 radical (unpaired) electrons. The molecule has 0 aromatic carbocycles. The van der Waals surface area contributed by atoms with Crippen LogP contribution in [-0.4, -0.2) is 51.1 Å². The highest BCUT2D eigenvalue weighted by Crippen LogP contribution is 2.34. The first-order valence-corrected chi connectivity index (χ1v) is 8.69. The van der Waals surface area contributed by atoms with Gasteiger partial charge in [0.05, 0.1) is 0 Å². The van der Waals surface area contributed by atoms with Crippen molar-refractivity contribution in [1.29, 1.82) is 0 Å². The van der Waals surface area contributed by atoms with E-state index in [1.807, 2.05) is 7.05 Å². The van der Waals surface area contributed by atoms with E-state index in [4.69, 9.17) is 0 Å². The highest BCUT2D eigenvalue weighted by molar-refractivity contribution is 7.07. The van der Waals surface area contributed by atoms with Gasteiger partial charge in [-0.2, -0.15) is 11.3 Å². The summed E-state index contributed by atoms with van der Waals surface area (Å²) in [5, 5.41) is 11.3. The van der Waals surface area contributed by atoms with E-state index >= 15 is 0 Å². The predicted octanol–water partition coefficient (Wildman–Crippen LogP) is 2.36. The van der Waals surface area contributed by atoms with E-state index in [1.54, 1.807) is 11.3 Å². The van der Waals surface area contributed by atoms with Crippen LogP contribution in [0.1, 0.15) is 31.2 Å². The van der Waals surface area contributed by atoms with Crippen molar-refractivity contribution in [3.8, 4) is 0 Å². The molecule has 1 aromatic heterocycles. The Hall–Kier alpha value is -1.07. The Labute approximate surface area is 132 Å². The van der Waals surface area contributed by atoms with Gasteiger partial charge in [0.2, 0.25) is 0 Å². The monoisotopic (exact) mass is 308 g/mol. The molecule has 2 N–H and O–H groups in total. The van der Waals surface area contributed by atoms with E-state index in [-0.39, 0.29) is 0 Å². The van der Waals surface area contributed by atoms with Gasteiger partial charge in [0, 0.05) is 26.2 Å². The average molecular weight is 308 g/mol. The lowest BCUT2D eigenvalue weighted by molar-refractivity contribution is 0.264. The minimum atomic E-state index is 0.503. The van der Waals surface area contributed by atoms with Crippen LogP contribution in [0.4, 0.5) is 0 Å². The topological polar surface area (TPSA) is 39.7 Å². The molecule has 4 nitrogen and oxygen atoms in total. The molecule has 2 unspecified atom stereocenters. The van der Waals surface area contributed by atoms with Gasteiger partial charge >= 0.3 is 0 Å². The molecule has 1 aliphatic rings. The number of rotatable bonds is 7. The van der Waals surface area contributed by atoms with Gasteiger partial charge in [0.1, 0.15) is 0 Å².